The van der Waals surface area contributed by atoms with Gasteiger partial charge in [0.05, 0.1) is 5.69 Å². The Hall–Kier alpha value is -1.61. The van der Waals surface area contributed by atoms with Crippen LogP contribution >= 0.6 is 15.9 Å². The van der Waals surface area contributed by atoms with Crippen molar-refractivity contribution in [2.24, 2.45) is 7.05 Å². The lowest BCUT2D eigenvalue weighted by Gasteiger charge is -2.06. The van der Waals surface area contributed by atoms with Crippen LogP contribution in [0.4, 0.5) is 4.39 Å². The smallest absolute Gasteiger partial charge is 0.133 e. The van der Waals surface area contributed by atoms with Gasteiger partial charge in [0.15, 0.2) is 0 Å². The molecular formula is C15H11BrFN. The van der Waals surface area contributed by atoms with E-state index in [9.17, 15) is 4.39 Å². The van der Waals surface area contributed by atoms with Gasteiger partial charge in [-0.25, -0.2) is 4.39 Å². The normalized spacial score (nSPS) is 11.1. The Balaban J connectivity index is 2.28. The first-order valence-corrected chi connectivity index (χ1v) is 6.46. The molecule has 0 saturated heterocycles. The average Bonchev–Trinajstić information content (AvgIpc) is 2.68. The summed E-state index contributed by atoms with van der Waals surface area (Å²) < 4.78 is 16.8. The van der Waals surface area contributed by atoms with Gasteiger partial charge in [-0.05, 0) is 30.3 Å². The summed E-state index contributed by atoms with van der Waals surface area (Å²) in [5.74, 6) is -0.213. The van der Waals surface area contributed by atoms with E-state index in [1.807, 2.05) is 48.0 Å². The van der Waals surface area contributed by atoms with Crippen molar-refractivity contribution in [1.29, 1.82) is 0 Å². The van der Waals surface area contributed by atoms with Crippen molar-refractivity contribution in [1.82, 2.24) is 4.57 Å². The topological polar surface area (TPSA) is 4.93 Å². The van der Waals surface area contributed by atoms with Crippen molar-refractivity contribution in [2.45, 2.75) is 0 Å². The molecule has 0 atom stereocenters. The van der Waals surface area contributed by atoms with Crippen LogP contribution in [-0.4, -0.2) is 4.57 Å². The van der Waals surface area contributed by atoms with Crippen molar-refractivity contribution in [3.8, 4) is 11.3 Å². The SMILES string of the molecule is Cn1c(-c2ccc(Br)cc2F)cc2ccccc21. The molecule has 0 fully saturated rings. The van der Waals surface area contributed by atoms with Gasteiger partial charge < -0.3 is 4.57 Å². The van der Waals surface area contributed by atoms with Crippen molar-refractivity contribution in [3.05, 3.63) is 58.8 Å². The maximum atomic E-state index is 14.0. The Labute approximate surface area is 113 Å². The predicted octanol–water partition coefficient (Wildman–Crippen LogP) is 4.75. The molecule has 0 N–H and O–H groups in total. The van der Waals surface area contributed by atoms with E-state index in [0.29, 0.717) is 5.56 Å². The van der Waals surface area contributed by atoms with Crippen LogP contribution < -0.4 is 0 Å². The number of fused-ring (bicyclic) bond motifs is 1. The molecule has 3 aromatic rings. The van der Waals surface area contributed by atoms with Gasteiger partial charge in [-0.1, -0.05) is 34.1 Å². The molecule has 1 aromatic heterocycles. The van der Waals surface area contributed by atoms with E-state index in [1.54, 1.807) is 6.07 Å². The Morgan fingerprint density at radius 3 is 2.56 bits per heavy atom. The van der Waals surface area contributed by atoms with Crippen LogP contribution in [0.1, 0.15) is 0 Å². The second kappa shape index (κ2) is 4.25. The van der Waals surface area contributed by atoms with Crippen LogP contribution in [0, 0.1) is 5.82 Å². The van der Waals surface area contributed by atoms with Gasteiger partial charge in [-0.15, -0.1) is 0 Å². The summed E-state index contributed by atoms with van der Waals surface area (Å²) >= 11 is 3.28. The molecule has 0 aliphatic heterocycles. The lowest BCUT2D eigenvalue weighted by atomic mass is 10.1. The third kappa shape index (κ3) is 1.75. The molecule has 2 aromatic carbocycles. The average molecular weight is 304 g/mol. The van der Waals surface area contributed by atoms with Crippen LogP contribution in [0.5, 0.6) is 0 Å². The van der Waals surface area contributed by atoms with Crippen LogP contribution in [-0.2, 0) is 7.05 Å². The number of halogens is 2. The minimum atomic E-state index is -0.213. The van der Waals surface area contributed by atoms with E-state index in [0.717, 1.165) is 21.1 Å². The molecule has 18 heavy (non-hydrogen) atoms. The van der Waals surface area contributed by atoms with Gasteiger partial charge in [0, 0.05) is 28.0 Å². The lowest BCUT2D eigenvalue weighted by molar-refractivity contribution is 0.629. The second-order valence-corrected chi connectivity index (χ2v) is 5.19. The highest BCUT2D eigenvalue weighted by molar-refractivity contribution is 9.10. The number of nitrogens with zero attached hydrogens (tertiary/aromatic N) is 1. The fraction of sp³-hybridized carbons (Fsp3) is 0.0667. The van der Waals surface area contributed by atoms with E-state index < -0.39 is 0 Å². The summed E-state index contributed by atoms with van der Waals surface area (Å²) in [6, 6.07) is 15.2. The van der Waals surface area contributed by atoms with E-state index in [1.165, 1.54) is 6.07 Å². The molecule has 1 nitrogen and oxygen atoms in total. The predicted molar refractivity (Wildman–Crippen MR) is 76.0 cm³/mol. The van der Waals surface area contributed by atoms with E-state index >= 15 is 0 Å². The number of para-hydroxylation sites is 1. The summed E-state index contributed by atoms with van der Waals surface area (Å²) in [6.45, 7) is 0. The summed E-state index contributed by atoms with van der Waals surface area (Å²) in [5, 5.41) is 1.12. The van der Waals surface area contributed by atoms with Gasteiger partial charge >= 0.3 is 0 Å². The van der Waals surface area contributed by atoms with E-state index in [2.05, 4.69) is 15.9 Å². The minimum absolute atomic E-state index is 0.213. The molecule has 3 rings (SSSR count). The number of aryl methyl sites for hydroxylation is 1. The number of aromatic nitrogens is 1. The summed E-state index contributed by atoms with van der Waals surface area (Å²) in [7, 11) is 1.96. The third-order valence-electron chi connectivity index (χ3n) is 3.16. The molecule has 0 amide bonds. The molecule has 0 spiro atoms. The molecule has 0 radical (unpaired) electrons. The molecule has 1 heterocycles. The Bertz CT molecular complexity index is 730. The molecule has 0 bridgehead atoms. The van der Waals surface area contributed by atoms with Crippen LogP contribution in [0.3, 0.4) is 0 Å². The summed E-state index contributed by atoms with van der Waals surface area (Å²) in [4.78, 5) is 0. The number of benzene rings is 2. The number of hydrogen-bond donors (Lipinski definition) is 0. The molecular weight excluding hydrogens is 293 g/mol. The van der Waals surface area contributed by atoms with E-state index in [4.69, 9.17) is 0 Å². The number of hydrogen-bond acceptors (Lipinski definition) is 0. The fourth-order valence-corrected chi connectivity index (χ4v) is 2.58. The van der Waals surface area contributed by atoms with Gasteiger partial charge in [0.1, 0.15) is 5.82 Å². The molecule has 0 saturated carbocycles. The van der Waals surface area contributed by atoms with Gasteiger partial charge in [0.2, 0.25) is 0 Å². The largest absolute Gasteiger partial charge is 0.344 e. The highest BCUT2D eigenvalue weighted by atomic mass is 79.9. The Morgan fingerprint density at radius 1 is 1.06 bits per heavy atom. The quantitative estimate of drug-likeness (QED) is 0.611. The first kappa shape index (κ1) is 11.5. The van der Waals surface area contributed by atoms with Crippen LogP contribution in [0.2, 0.25) is 0 Å². The van der Waals surface area contributed by atoms with Crippen LogP contribution in [0.15, 0.2) is 53.0 Å². The Morgan fingerprint density at radius 2 is 1.83 bits per heavy atom. The van der Waals surface area contributed by atoms with Crippen molar-refractivity contribution in [3.63, 3.8) is 0 Å². The zero-order chi connectivity index (χ0) is 12.7. The maximum absolute atomic E-state index is 14.0. The summed E-state index contributed by atoms with van der Waals surface area (Å²) in [6.07, 6.45) is 0. The third-order valence-corrected chi connectivity index (χ3v) is 3.65. The van der Waals surface area contributed by atoms with Crippen molar-refractivity contribution >= 4 is 26.8 Å². The van der Waals surface area contributed by atoms with Gasteiger partial charge in [-0.3, -0.25) is 0 Å². The fourth-order valence-electron chi connectivity index (χ4n) is 2.24. The zero-order valence-electron chi connectivity index (χ0n) is 9.82. The molecule has 90 valence electrons. The molecule has 0 unspecified atom stereocenters. The summed E-state index contributed by atoms with van der Waals surface area (Å²) in [5.41, 5.74) is 2.62. The van der Waals surface area contributed by atoms with E-state index in [-0.39, 0.29) is 5.82 Å². The monoisotopic (exact) mass is 303 g/mol. The molecule has 0 aliphatic carbocycles. The Kier molecular flexibility index (Phi) is 2.71. The lowest BCUT2D eigenvalue weighted by Crippen LogP contribution is -1.93. The number of rotatable bonds is 1. The maximum Gasteiger partial charge on any atom is 0.133 e. The minimum Gasteiger partial charge on any atom is -0.344 e. The van der Waals surface area contributed by atoms with Crippen molar-refractivity contribution < 1.29 is 4.39 Å². The molecule has 0 aliphatic rings. The zero-order valence-corrected chi connectivity index (χ0v) is 11.4. The van der Waals surface area contributed by atoms with Crippen LogP contribution in [0.25, 0.3) is 22.2 Å². The van der Waals surface area contributed by atoms with Crippen molar-refractivity contribution in [2.75, 3.05) is 0 Å². The highest BCUT2D eigenvalue weighted by Crippen LogP contribution is 2.30. The second-order valence-electron chi connectivity index (χ2n) is 4.27. The standard InChI is InChI=1S/C15H11BrFN/c1-18-14-5-3-2-4-10(14)8-15(18)12-7-6-11(16)9-13(12)17/h2-9H,1H3. The van der Waals surface area contributed by atoms with Gasteiger partial charge in [0.25, 0.3) is 0 Å². The first-order valence-electron chi connectivity index (χ1n) is 5.67. The highest BCUT2D eigenvalue weighted by Gasteiger charge is 2.11. The molecule has 3 heteroatoms. The van der Waals surface area contributed by atoms with Gasteiger partial charge in [-0.2, -0.15) is 0 Å². The first-order chi connectivity index (χ1) is 8.66.